The summed E-state index contributed by atoms with van der Waals surface area (Å²) in [7, 11) is 0. The van der Waals surface area contributed by atoms with Crippen LogP contribution in [0.3, 0.4) is 0 Å². The van der Waals surface area contributed by atoms with Gasteiger partial charge < -0.3 is 15.0 Å². The second-order valence-electron chi connectivity index (χ2n) is 6.50. The van der Waals surface area contributed by atoms with Crippen molar-refractivity contribution < 1.29 is 9.53 Å². The molecule has 0 aromatic carbocycles. The lowest BCUT2D eigenvalue weighted by molar-refractivity contribution is 0.0206. The summed E-state index contributed by atoms with van der Waals surface area (Å²) in [6.45, 7) is 6.67. The summed E-state index contributed by atoms with van der Waals surface area (Å²) in [5.74, 6) is 0. The molecule has 7 nitrogen and oxygen atoms in total. The molecule has 0 radical (unpaired) electrons. The van der Waals surface area contributed by atoms with Crippen molar-refractivity contribution in [3.05, 3.63) is 22.3 Å². The van der Waals surface area contributed by atoms with Crippen molar-refractivity contribution in [1.29, 1.82) is 0 Å². The number of hydrogen-bond acceptors (Lipinski definition) is 6. The molecule has 1 aromatic rings. The largest absolute Gasteiger partial charge is 0.444 e. The molecule has 1 N–H and O–H groups in total. The van der Waals surface area contributed by atoms with Gasteiger partial charge in [0.15, 0.2) is 10.8 Å². The third kappa shape index (κ3) is 4.79. The van der Waals surface area contributed by atoms with Gasteiger partial charge in [-0.1, -0.05) is 11.6 Å². The SMILES string of the molecule is CC(C)(C)OC(=O)N1CCC[C@@H](Nc2ccnc(Cl)c2N=O)C1. The number of carbonyl (C=O) groups is 1. The summed E-state index contributed by atoms with van der Waals surface area (Å²) in [5, 5.41) is 6.21. The Morgan fingerprint density at radius 3 is 2.91 bits per heavy atom. The summed E-state index contributed by atoms with van der Waals surface area (Å²) in [4.78, 5) is 28.6. The topological polar surface area (TPSA) is 83.9 Å². The van der Waals surface area contributed by atoms with Gasteiger partial charge in [-0.25, -0.2) is 9.78 Å². The summed E-state index contributed by atoms with van der Waals surface area (Å²) < 4.78 is 5.40. The number of hydrogen-bond donors (Lipinski definition) is 1. The number of pyridine rings is 1. The number of nitrogens with one attached hydrogen (secondary N) is 1. The fraction of sp³-hybridized carbons (Fsp3) is 0.600. The number of anilines is 1. The van der Waals surface area contributed by atoms with Crippen LogP contribution in [0.15, 0.2) is 17.4 Å². The highest BCUT2D eigenvalue weighted by molar-refractivity contribution is 6.32. The monoisotopic (exact) mass is 340 g/mol. The number of halogens is 1. The van der Waals surface area contributed by atoms with Crippen molar-refractivity contribution in [1.82, 2.24) is 9.88 Å². The number of amides is 1. The van der Waals surface area contributed by atoms with E-state index in [1.807, 2.05) is 20.8 Å². The number of aromatic nitrogens is 1. The van der Waals surface area contributed by atoms with Gasteiger partial charge in [0.1, 0.15) is 5.60 Å². The molecule has 1 atom stereocenters. The molecule has 1 saturated heterocycles. The van der Waals surface area contributed by atoms with E-state index in [-0.39, 0.29) is 23.0 Å². The van der Waals surface area contributed by atoms with Crippen LogP contribution in [0.2, 0.25) is 5.15 Å². The maximum absolute atomic E-state index is 12.2. The molecule has 1 aliphatic heterocycles. The normalized spacial score (nSPS) is 18.4. The lowest BCUT2D eigenvalue weighted by Crippen LogP contribution is -2.47. The van der Waals surface area contributed by atoms with Gasteiger partial charge in [-0.05, 0) is 44.9 Å². The maximum atomic E-state index is 12.2. The van der Waals surface area contributed by atoms with E-state index in [1.54, 1.807) is 11.0 Å². The fourth-order valence-electron chi connectivity index (χ4n) is 2.44. The average Bonchev–Trinajstić information content (AvgIpc) is 2.46. The second kappa shape index (κ2) is 7.12. The van der Waals surface area contributed by atoms with E-state index < -0.39 is 5.60 Å². The number of rotatable bonds is 3. The summed E-state index contributed by atoms with van der Waals surface area (Å²) in [6, 6.07) is 1.64. The summed E-state index contributed by atoms with van der Waals surface area (Å²) in [6.07, 6.45) is 2.90. The Morgan fingerprint density at radius 1 is 1.52 bits per heavy atom. The molecule has 0 bridgehead atoms. The molecule has 1 fully saturated rings. The van der Waals surface area contributed by atoms with Crippen LogP contribution in [-0.2, 0) is 4.74 Å². The van der Waals surface area contributed by atoms with Gasteiger partial charge in [0, 0.05) is 25.3 Å². The van der Waals surface area contributed by atoms with Crippen LogP contribution >= 0.6 is 11.6 Å². The second-order valence-corrected chi connectivity index (χ2v) is 6.86. The first-order valence-corrected chi connectivity index (χ1v) is 7.90. The van der Waals surface area contributed by atoms with Crippen LogP contribution in [0.25, 0.3) is 0 Å². The highest BCUT2D eigenvalue weighted by atomic mass is 35.5. The van der Waals surface area contributed by atoms with E-state index in [2.05, 4.69) is 15.5 Å². The van der Waals surface area contributed by atoms with Gasteiger partial charge in [-0.15, -0.1) is 4.91 Å². The highest BCUT2D eigenvalue weighted by Gasteiger charge is 2.28. The molecule has 8 heteroatoms. The van der Waals surface area contributed by atoms with E-state index in [1.165, 1.54) is 6.20 Å². The zero-order chi connectivity index (χ0) is 17.0. The lowest BCUT2D eigenvalue weighted by Gasteiger charge is -2.34. The molecule has 1 aliphatic rings. The van der Waals surface area contributed by atoms with Crippen molar-refractivity contribution in [3.63, 3.8) is 0 Å². The number of likely N-dealkylation sites (tertiary alicyclic amines) is 1. The first-order valence-electron chi connectivity index (χ1n) is 7.52. The number of ether oxygens (including phenoxy) is 1. The number of nitroso groups, excluding NO2 is 1. The Hall–Kier alpha value is -1.89. The standard InChI is InChI=1S/C15H21ClN4O3/c1-15(2,3)23-14(21)20-8-4-5-10(9-20)18-11-6-7-17-13(16)12(11)19-22/h6-7,10H,4-5,8-9H2,1-3H3,(H,17,18)/t10-/m1/s1. The van der Waals surface area contributed by atoms with Crippen LogP contribution < -0.4 is 5.32 Å². The summed E-state index contributed by atoms with van der Waals surface area (Å²) in [5.41, 5.74) is 0.0876. The van der Waals surface area contributed by atoms with Gasteiger partial charge in [-0.2, -0.15) is 0 Å². The quantitative estimate of drug-likeness (QED) is 0.665. The van der Waals surface area contributed by atoms with Crippen LogP contribution in [0.5, 0.6) is 0 Å². The zero-order valence-corrected chi connectivity index (χ0v) is 14.3. The molecule has 1 aromatic heterocycles. The minimum Gasteiger partial charge on any atom is -0.444 e. The van der Waals surface area contributed by atoms with E-state index in [0.29, 0.717) is 18.8 Å². The van der Waals surface area contributed by atoms with E-state index in [9.17, 15) is 9.70 Å². The molecule has 0 aliphatic carbocycles. The third-order valence-corrected chi connectivity index (χ3v) is 3.68. The van der Waals surface area contributed by atoms with E-state index in [4.69, 9.17) is 16.3 Å². The molecular weight excluding hydrogens is 320 g/mol. The molecule has 1 amide bonds. The number of nitrogens with zero attached hydrogens (tertiary/aromatic N) is 3. The van der Waals surface area contributed by atoms with E-state index in [0.717, 1.165) is 12.8 Å². The van der Waals surface area contributed by atoms with Crippen LogP contribution in [-0.4, -0.2) is 40.7 Å². The molecule has 0 unspecified atom stereocenters. The highest BCUT2D eigenvalue weighted by Crippen LogP contribution is 2.32. The molecule has 0 saturated carbocycles. The van der Waals surface area contributed by atoms with Gasteiger partial charge in [0.25, 0.3) is 0 Å². The van der Waals surface area contributed by atoms with Gasteiger partial charge >= 0.3 is 6.09 Å². The Balaban J connectivity index is 2.03. The Labute approximate surface area is 140 Å². The number of piperidine rings is 1. The van der Waals surface area contributed by atoms with Crippen molar-refractivity contribution in [2.24, 2.45) is 5.18 Å². The van der Waals surface area contributed by atoms with Gasteiger partial charge in [-0.3, -0.25) is 0 Å². The Bertz CT molecular complexity index is 589. The maximum Gasteiger partial charge on any atom is 0.410 e. The van der Waals surface area contributed by atoms with Crippen molar-refractivity contribution in [2.45, 2.75) is 45.3 Å². The molecule has 126 valence electrons. The molecule has 23 heavy (non-hydrogen) atoms. The number of carbonyl (C=O) groups excluding carboxylic acids is 1. The smallest absolute Gasteiger partial charge is 0.410 e. The van der Waals surface area contributed by atoms with Crippen LogP contribution in [0, 0.1) is 4.91 Å². The van der Waals surface area contributed by atoms with E-state index >= 15 is 0 Å². The molecular formula is C15H21ClN4O3. The molecule has 0 spiro atoms. The van der Waals surface area contributed by atoms with Crippen LogP contribution in [0.4, 0.5) is 16.2 Å². The van der Waals surface area contributed by atoms with Crippen LogP contribution in [0.1, 0.15) is 33.6 Å². The van der Waals surface area contributed by atoms with Gasteiger partial charge in [0.2, 0.25) is 0 Å². The van der Waals surface area contributed by atoms with Crippen molar-refractivity contribution >= 4 is 29.1 Å². The third-order valence-electron chi connectivity index (χ3n) is 3.40. The molecule has 2 rings (SSSR count). The molecule has 2 heterocycles. The predicted molar refractivity (Wildman–Crippen MR) is 89.2 cm³/mol. The van der Waals surface area contributed by atoms with Crippen molar-refractivity contribution in [2.75, 3.05) is 18.4 Å². The lowest BCUT2D eigenvalue weighted by atomic mass is 10.1. The zero-order valence-electron chi connectivity index (χ0n) is 13.5. The average molecular weight is 341 g/mol. The minimum atomic E-state index is -0.523. The fourth-order valence-corrected chi connectivity index (χ4v) is 2.63. The Morgan fingerprint density at radius 2 is 2.26 bits per heavy atom. The van der Waals surface area contributed by atoms with Crippen molar-refractivity contribution in [3.8, 4) is 0 Å². The first-order chi connectivity index (χ1) is 10.8. The van der Waals surface area contributed by atoms with Gasteiger partial charge in [0.05, 0.1) is 5.69 Å². The first kappa shape index (κ1) is 17.5. The predicted octanol–water partition coefficient (Wildman–Crippen LogP) is 3.94. The summed E-state index contributed by atoms with van der Waals surface area (Å²) >= 11 is 5.87. The minimum absolute atomic E-state index is 0.00441. The Kier molecular flexibility index (Phi) is 5.41.